The minimum Gasteiger partial charge on any atom is -0.319 e. The van der Waals surface area contributed by atoms with Crippen molar-refractivity contribution < 1.29 is 1.43 Å². The molecule has 0 rings (SSSR count). The van der Waals surface area contributed by atoms with Gasteiger partial charge in [0, 0.05) is 1.43 Å². The lowest BCUT2D eigenvalue weighted by Gasteiger charge is -2.11. The lowest BCUT2D eigenvalue weighted by atomic mass is 10.0. The number of hydrogen-bond acceptors (Lipinski definition) is 1. The first-order valence-electron chi connectivity index (χ1n) is 4.99. The van der Waals surface area contributed by atoms with Gasteiger partial charge in [0.05, 0.1) is 0 Å². The van der Waals surface area contributed by atoms with Gasteiger partial charge in [-0.05, 0) is 25.9 Å². The van der Waals surface area contributed by atoms with Crippen molar-refractivity contribution in [3.63, 3.8) is 0 Å². The molecule has 0 aromatic heterocycles. The molecule has 0 fully saturated rings. The molecule has 72 valence electrons. The van der Waals surface area contributed by atoms with Crippen LogP contribution in [-0.4, -0.2) is 13.6 Å². The smallest absolute Gasteiger partial charge is 0 e. The molecule has 1 unspecified atom stereocenters. The van der Waals surface area contributed by atoms with Crippen molar-refractivity contribution in [3.05, 3.63) is 0 Å². The van der Waals surface area contributed by atoms with Crippen LogP contribution in [0.25, 0.3) is 0 Å². The van der Waals surface area contributed by atoms with Crippen molar-refractivity contribution in [3.8, 4) is 0 Å². The third-order valence-corrected chi connectivity index (χ3v) is 1.77. The van der Waals surface area contributed by atoms with Gasteiger partial charge in [0.15, 0.2) is 0 Å². The molecule has 1 heteroatoms. The van der Waals surface area contributed by atoms with E-state index in [1.807, 2.05) is 20.9 Å². The zero-order chi connectivity index (χ0) is 9.11. The fourth-order valence-electron chi connectivity index (χ4n) is 1.15. The van der Waals surface area contributed by atoms with Gasteiger partial charge in [-0.2, -0.15) is 0 Å². The summed E-state index contributed by atoms with van der Waals surface area (Å²) in [6.45, 7) is 9.69. The molecule has 0 spiro atoms. The maximum atomic E-state index is 3.20. The van der Waals surface area contributed by atoms with Gasteiger partial charge in [-0.15, -0.1) is 0 Å². The van der Waals surface area contributed by atoms with E-state index in [9.17, 15) is 0 Å². The highest BCUT2D eigenvalue weighted by atomic mass is 14.8. The molecule has 1 nitrogen and oxygen atoms in total. The van der Waals surface area contributed by atoms with Crippen molar-refractivity contribution in [2.75, 3.05) is 13.6 Å². The first-order chi connectivity index (χ1) is 5.35. The summed E-state index contributed by atoms with van der Waals surface area (Å²) >= 11 is 0. The molecule has 0 amide bonds. The van der Waals surface area contributed by atoms with Crippen LogP contribution in [0.5, 0.6) is 0 Å². The van der Waals surface area contributed by atoms with Gasteiger partial charge in [-0.3, -0.25) is 0 Å². The summed E-state index contributed by atoms with van der Waals surface area (Å²) in [6.07, 6.45) is 4.01. The maximum absolute atomic E-state index is 3.20. The van der Waals surface area contributed by atoms with Crippen LogP contribution in [0.15, 0.2) is 0 Å². The molecule has 0 aromatic carbocycles. The summed E-state index contributed by atoms with van der Waals surface area (Å²) < 4.78 is 0. The largest absolute Gasteiger partial charge is 0.319 e. The zero-order valence-electron chi connectivity index (χ0n) is 8.91. The van der Waals surface area contributed by atoms with Crippen LogP contribution in [0, 0.1) is 5.92 Å². The Morgan fingerprint density at radius 1 is 1.27 bits per heavy atom. The maximum Gasteiger partial charge on any atom is 0 e. The third-order valence-electron chi connectivity index (χ3n) is 1.77. The second-order valence-electron chi connectivity index (χ2n) is 2.62. The fourth-order valence-corrected chi connectivity index (χ4v) is 1.15. The number of hydrogen-bond donors (Lipinski definition) is 1. The molecule has 11 heavy (non-hydrogen) atoms. The number of rotatable bonds is 5. The molecule has 0 aliphatic carbocycles. The highest BCUT2D eigenvalue weighted by Crippen LogP contribution is 2.08. The van der Waals surface area contributed by atoms with Crippen molar-refractivity contribution >= 4 is 0 Å². The van der Waals surface area contributed by atoms with Crippen molar-refractivity contribution in [1.29, 1.82) is 0 Å². The van der Waals surface area contributed by atoms with Crippen LogP contribution in [0.4, 0.5) is 0 Å². The minimum absolute atomic E-state index is 0. The highest BCUT2D eigenvalue weighted by Gasteiger charge is 2.01. The Bertz CT molecular complexity index is 51.8. The molecular formula is C10H27N. The van der Waals surface area contributed by atoms with Crippen molar-refractivity contribution in [2.24, 2.45) is 5.92 Å². The fraction of sp³-hybridized carbons (Fsp3) is 1.00. The van der Waals surface area contributed by atoms with E-state index < -0.39 is 0 Å². The normalized spacial score (nSPS) is 11.7. The van der Waals surface area contributed by atoms with Crippen LogP contribution in [0.1, 0.15) is 48.4 Å². The third kappa shape index (κ3) is 9.96. The van der Waals surface area contributed by atoms with E-state index in [2.05, 4.69) is 19.2 Å². The molecule has 0 radical (unpaired) electrons. The van der Waals surface area contributed by atoms with E-state index in [4.69, 9.17) is 0 Å². The minimum atomic E-state index is 0. The van der Waals surface area contributed by atoms with E-state index in [1.165, 1.54) is 25.8 Å². The predicted octanol–water partition coefficient (Wildman–Crippen LogP) is 3.30. The highest BCUT2D eigenvalue weighted by molar-refractivity contribution is 4.57. The van der Waals surface area contributed by atoms with Gasteiger partial charge >= 0.3 is 0 Å². The van der Waals surface area contributed by atoms with E-state index in [0.717, 1.165) is 5.92 Å². The molecule has 0 heterocycles. The van der Waals surface area contributed by atoms with Crippen LogP contribution < -0.4 is 5.32 Å². The molecule has 0 aliphatic heterocycles. The number of nitrogens with one attached hydrogen (secondary N) is 1. The predicted molar refractivity (Wildman–Crippen MR) is 56.1 cm³/mol. The summed E-state index contributed by atoms with van der Waals surface area (Å²) in [5.74, 6) is 0.903. The van der Waals surface area contributed by atoms with Gasteiger partial charge < -0.3 is 5.32 Å². The second kappa shape index (κ2) is 12.6. The lowest BCUT2D eigenvalue weighted by Crippen LogP contribution is -2.17. The SMILES string of the molecule is CC.CCCC(CC)CNC.[HH]. The molecule has 0 aliphatic rings. The summed E-state index contributed by atoms with van der Waals surface area (Å²) in [6, 6.07) is 0. The average molecular weight is 161 g/mol. The Labute approximate surface area is 74.1 Å². The molecule has 1 N–H and O–H groups in total. The Kier molecular flexibility index (Phi) is 15.5. The van der Waals surface area contributed by atoms with E-state index >= 15 is 0 Å². The molecule has 1 atom stereocenters. The quantitative estimate of drug-likeness (QED) is 0.652. The Hall–Kier alpha value is -0.0400. The van der Waals surface area contributed by atoms with E-state index in [0.29, 0.717) is 0 Å². The average Bonchev–Trinajstić information content (AvgIpc) is 2.08. The lowest BCUT2D eigenvalue weighted by molar-refractivity contribution is 0.445. The summed E-state index contributed by atoms with van der Waals surface area (Å²) in [5, 5.41) is 3.20. The summed E-state index contributed by atoms with van der Waals surface area (Å²) in [7, 11) is 2.03. The van der Waals surface area contributed by atoms with Crippen LogP contribution >= 0.6 is 0 Å². The second-order valence-corrected chi connectivity index (χ2v) is 2.62. The molecule has 0 aromatic rings. The molecular weight excluding hydrogens is 134 g/mol. The Balaban J connectivity index is -0.000000249. The standard InChI is InChI=1S/C8H19N.C2H6.H2/c1-4-6-8(5-2)7-9-3;1-2;/h8-9H,4-7H2,1-3H3;1-2H3;1H. The van der Waals surface area contributed by atoms with Gasteiger partial charge in [0.1, 0.15) is 0 Å². The van der Waals surface area contributed by atoms with Crippen molar-refractivity contribution in [2.45, 2.75) is 47.0 Å². The van der Waals surface area contributed by atoms with Gasteiger partial charge in [-0.1, -0.05) is 40.5 Å². The van der Waals surface area contributed by atoms with Crippen LogP contribution in [-0.2, 0) is 0 Å². The monoisotopic (exact) mass is 161 g/mol. The zero-order valence-corrected chi connectivity index (χ0v) is 8.91. The first-order valence-corrected chi connectivity index (χ1v) is 4.99. The summed E-state index contributed by atoms with van der Waals surface area (Å²) in [4.78, 5) is 0. The van der Waals surface area contributed by atoms with Gasteiger partial charge in [0.2, 0.25) is 0 Å². The summed E-state index contributed by atoms with van der Waals surface area (Å²) in [5.41, 5.74) is 0. The van der Waals surface area contributed by atoms with E-state index in [1.54, 1.807) is 0 Å². The van der Waals surface area contributed by atoms with Crippen LogP contribution in [0.3, 0.4) is 0 Å². The topological polar surface area (TPSA) is 12.0 Å². The Morgan fingerprint density at radius 3 is 2.09 bits per heavy atom. The van der Waals surface area contributed by atoms with Gasteiger partial charge in [0.25, 0.3) is 0 Å². The van der Waals surface area contributed by atoms with Crippen molar-refractivity contribution in [1.82, 2.24) is 5.32 Å². The van der Waals surface area contributed by atoms with Crippen LogP contribution in [0.2, 0.25) is 0 Å². The first kappa shape index (κ1) is 13.5. The van der Waals surface area contributed by atoms with E-state index in [-0.39, 0.29) is 1.43 Å². The van der Waals surface area contributed by atoms with Gasteiger partial charge in [-0.25, -0.2) is 0 Å². The molecule has 0 saturated heterocycles. The Morgan fingerprint density at radius 2 is 1.82 bits per heavy atom. The molecule has 0 bridgehead atoms. The molecule has 0 saturated carbocycles.